The number of hydrogen-bond acceptors (Lipinski definition) is 1. The van der Waals surface area contributed by atoms with Crippen molar-refractivity contribution in [1.29, 1.82) is 0 Å². The SMILES string of the molecule is CC(C)Nc1ccc(C(C)(C)C)cc1Cl. The number of hydrogen-bond donors (Lipinski definition) is 1. The summed E-state index contributed by atoms with van der Waals surface area (Å²) in [6, 6.07) is 6.65. The van der Waals surface area contributed by atoms with Crippen molar-refractivity contribution in [3.63, 3.8) is 0 Å². The third-order valence-electron chi connectivity index (χ3n) is 2.28. The van der Waals surface area contributed by atoms with Crippen molar-refractivity contribution in [2.24, 2.45) is 0 Å². The molecule has 0 saturated carbocycles. The molecular weight excluding hydrogens is 206 g/mol. The highest BCUT2D eigenvalue weighted by molar-refractivity contribution is 6.33. The van der Waals surface area contributed by atoms with E-state index in [0.29, 0.717) is 6.04 Å². The molecule has 1 nitrogen and oxygen atoms in total. The van der Waals surface area contributed by atoms with Crippen molar-refractivity contribution in [3.05, 3.63) is 28.8 Å². The molecule has 0 spiro atoms. The Morgan fingerprint density at radius 3 is 2.20 bits per heavy atom. The maximum Gasteiger partial charge on any atom is 0.0640 e. The summed E-state index contributed by atoms with van der Waals surface area (Å²) in [5, 5.41) is 4.12. The normalized spacial score (nSPS) is 11.9. The Balaban J connectivity index is 2.98. The second kappa shape index (κ2) is 4.44. The van der Waals surface area contributed by atoms with Crippen LogP contribution in [0, 0.1) is 0 Å². The van der Waals surface area contributed by atoms with Gasteiger partial charge in [-0.2, -0.15) is 0 Å². The number of rotatable bonds is 2. The largest absolute Gasteiger partial charge is 0.382 e. The van der Waals surface area contributed by atoms with Crippen LogP contribution in [-0.2, 0) is 5.41 Å². The van der Waals surface area contributed by atoms with Gasteiger partial charge in [-0.05, 0) is 37.0 Å². The molecule has 0 aliphatic heterocycles. The molecule has 0 radical (unpaired) electrons. The molecule has 84 valence electrons. The second-order valence-electron chi connectivity index (χ2n) is 5.24. The van der Waals surface area contributed by atoms with E-state index in [1.54, 1.807) is 0 Å². The minimum Gasteiger partial charge on any atom is -0.382 e. The van der Waals surface area contributed by atoms with Crippen LogP contribution in [0.2, 0.25) is 5.02 Å². The number of anilines is 1. The van der Waals surface area contributed by atoms with E-state index in [9.17, 15) is 0 Å². The van der Waals surface area contributed by atoms with Gasteiger partial charge in [0.1, 0.15) is 0 Å². The summed E-state index contributed by atoms with van der Waals surface area (Å²) < 4.78 is 0. The summed E-state index contributed by atoms with van der Waals surface area (Å²) in [4.78, 5) is 0. The first-order chi connectivity index (χ1) is 6.80. The standard InChI is InChI=1S/C13H20ClN/c1-9(2)15-12-7-6-10(8-11(12)14)13(3,4)5/h6-9,15H,1-5H3. The zero-order valence-electron chi connectivity index (χ0n) is 10.2. The zero-order valence-corrected chi connectivity index (χ0v) is 10.9. The van der Waals surface area contributed by atoms with Gasteiger partial charge in [0.2, 0.25) is 0 Å². The lowest BCUT2D eigenvalue weighted by atomic mass is 9.87. The van der Waals surface area contributed by atoms with E-state index in [-0.39, 0.29) is 5.41 Å². The molecule has 15 heavy (non-hydrogen) atoms. The average molecular weight is 226 g/mol. The van der Waals surface area contributed by atoms with Gasteiger partial charge in [-0.3, -0.25) is 0 Å². The van der Waals surface area contributed by atoms with Gasteiger partial charge in [0, 0.05) is 6.04 Å². The molecule has 1 rings (SSSR count). The van der Waals surface area contributed by atoms with Crippen molar-refractivity contribution in [2.45, 2.75) is 46.1 Å². The number of nitrogens with one attached hydrogen (secondary N) is 1. The summed E-state index contributed by atoms with van der Waals surface area (Å²) in [6.45, 7) is 10.8. The Morgan fingerprint density at radius 2 is 1.80 bits per heavy atom. The molecule has 0 saturated heterocycles. The summed E-state index contributed by atoms with van der Waals surface area (Å²) in [6.07, 6.45) is 0. The van der Waals surface area contributed by atoms with Crippen LogP contribution >= 0.6 is 11.6 Å². The molecule has 1 aromatic rings. The van der Waals surface area contributed by atoms with Crippen LogP contribution in [0.5, 0.6) is 0 Å². The van der Waals surface area contributed by atoms with E-state index in [1.165, 1.54) is 5.56 Å². The predicted molar refractivity (Wildman–Crippen MR) is 68.9 cm³/mol. The summed E-state index contributed by atoms with van der Waals surface area (Å²) in [5.41, 5.74) is 2.43. The van der Waals surface area contributed by atoms with Gasteiger partial charge in [0.05, 0.1) is 10.7 Å². The molecule has 0 bridgehead atoms. The van der Waals surface area contributed by atoms with E-state index in [2.05, 4.69) is 52.1 Å². The molecule has 0 atom stereocenters. The van der Waals surface area contributed by atoms with Gasteiger partial charge >= 0.3 is 0 Å². The lowest BCUT2D eigenvalue weighted by molar-refractivity contribution is 0.590. The fourth-order valence-electron chi connectivity index (χ4n) is 1.41. The molecule has 0 aliphatic carbocycles. The summed E-state index contributed by atoms with van der Waals surface area (Å²) in [7, 11) is 0. The first-order valence-corrected chi connectivity index (χ1v) is 5.75. The van der Waals surface area contributed by atoms with E-state index in [1.807, 2.05) is 6.07 Å². The minimum absolute atomic E-state index is 0.153. The van der Waals surface area contributed by atoms with Gasteiger partial charge in [0.25, 0.3) is 0 Å². The summed E-state index contributed by atoms with van der Waals surface area (Å²) in [5.74, 6) is 0. The highest BCUT2D eigenvalue weighted by Crippen LogP contribution is 2.29. The quantitative estimate of drug-likeness (QED) is 0.784. The third kappa shape index (κ3) is 3.42. The molecule has 0 aromatic heterocycles. The van der Waals surface area contributed by atoms with Crippen LogP contribution in [0.4, 0.5) is 5.69 Å². The van der Waals surface area contributed by atoms with Crippen molar-refractivity contribution in [3.8, 4) is 0 Å². The van der Waals surface area contributed by atoms with E-state index in [4.69, 9.17) is 11.6 Å². The fraction of sp³-hybridized carbons (Fsp3) is 0.538. The minimum atomic E-state index is 0.153. The van der Waals surface area contributed by atoms with Crippen molar-refractivity contribution in [1.82, 2.24) is 0 Å². The first-order valence-electron chi connectivity index (χ1n) is 5.37. The van der Waals surface area contributed by atoms with Gasteiger partial charge in [-0.1, -0.05) is 38.4 Å². The molecule has 1 aromatic carbocycles. The molecule has 0 aliphatic rings. The van der Waals surface area contributed by atoms with Gasteiger partial charge in [0.15, 0.2) is 0 Å². The maximum absolute atomic E-state index is 6.22. The molecule has 0 heterocycles. The van der Waals surface area contributed by atoms with E-state index >= 15 is 0 Å². The van der Waals surface area contributed by atoms with Crippen molar-refractivity contribution in [2.75, 3.05) is 5.32 Å². The predicted octanol–water partition coefficient (Wildman–Crippen LogP) is 4.46. The smallest absolute Gasteiger partial charge is 0.0640 e. The highest BCUT2D eigenvalue weighted by atomic mass is 35.5. The Kier molecular flexibility index (Phi) is 3.67. The van der Waals surface area contributed by atoms with Crippen LogP contribution in [0.1, 0.15) is 40.2 Å². The topological polar surface area (TPSA) is 12.0 Å². The molecular formula is C13H20ClN. The monoisotopic (exact) mass is 225 g/mol. The first kappa shape index (κ1) is 12.4. The van der Waals surface area contributed by atoms with Gasteiger partial charge in [-0.15, -0.1) is 0 Å². The molecule has 0 amide bonds. The lowest BCUT2D eigenvalue weighted by Gasteiger charge is -2.21. The molecule has 0 fully saturated rings. The average Bonchev–Trinajstić information content (AvgIpc) is 2.05. The van der Waals surface area contributed by atoms with Crippen LogP contribution in [-0.4, -0.2) is 6.04 Å². The maximum atomic E-state index is 6.22. The number of benzene rings is 1. The Morgan fingerprint density at radius 1 is 1.20 bits per heavy atom. The Hall–Kier alpha value is -0.690. The van der Waals surface area contributed by atoms with Crippen molar-refractivity contribution < 1.29 is 0 Å². The lowest BCUT2D eigenvalue weighted by Crippen LogP contribution is -2.13. The Labute approximate surface area is 97.8 Å². The van der Waals surface area contributed by atoms with E-state index in [0.717, 1.165) is 10.7 Å². The fourth-order valence-corrected chi connectivity index (χ4v) is 1.64. The van der Waals surface area contributed by atoms with Crippen molar-refractivity contribution >= 4 is 17.3 Å². The van der Waals surface area contributed by atoms with Gasteiger partial charge < -0.3 is 5.32 Å². The Bertz CT molecular complexity index is 337. The zero-order chi connectivity index (χ0) is 11.6. The van der Waals surface area contributed by atoms with Gasteiger partial charge in [-0.25, -0.2) is 0 Å². The van der Waals surface area contributed by atoms with Crippen LogP contribution in [0.25, 0.3) is 0 Å². The summed E-state index contributed by atoms with van der Waals surface area (Å²) >= 11 is 6.22. The molecule has 1 N–H and O–H groups in total. The van der Waals surface area contributed by atoms with E-state index < -0.39 is 0 Å². The second-order valence-corrected chi connectivity index (χ2v) is 5.65. The highest BCUT2D eigenvalue weighted by Gasteiger charge is 2.14. The molecule has 0 unspecified atom stereocenters. The molecule has 2 heteroatoms. The van der Waals surface area contributed by atoms with Crippen LogP contribution in [0.3, 0.4) is 0 Å². The third-order valence-corrected chi connectivity index (χ3v) is 2.59. The van der Waals surface area contributed by atoms with Crippen LogP contribution < -0.4 is 5.32 Å². The number of halogens is 1. The van der Waals surface area contributed by atoms with Crippen LogP contribution in [0.15, 0.2) is 18.2 Å².